The third-order valence-electron chi connectivity index (χ3n) is 0.518. The molecule has 0 aliphatic heterocycles. The molecule has 1 unspecified atom stereocenters. The molecule has 0 aromatic carbocycles. The third-order valence-corrected chi connectivity index (χ3v) is 2.03. The van der Waals surface area contributed by atoms with Crippen molar-refractivity contribution in [3.8, 4) is 0 Å². The smallest absolute Gasteiger partial charge is 0.260 e. The van der Waals surface area contributed by atoms with Crippen molar-refractivity contribution in [3.05, 3.63) is 0 Å². The molecule has 1 amide bonds. The zero-order valence-electron chi connectivity index (χ0n) is 4.00. The molecule has 0 fully saturated rings. The van der Waals surface area contributed by atoms with Gasteiger partial charge in [-0.05, 0) is 0 Å². The lowest BCUT2D eigenvalue weighted by Crippen LogP contribution is -2.29. The normalized spacial score (nSPS) is 15.1. The largest absolute Gasteiger partial charge is 0.271 e. The van der Waals surface area contributed by atoms with E-state index in [0.29, 0.717) is 0 Å². The maximum Gasteiger partial charge on any atom is 0.260 e. The van der Waals surface area contributed by atoms with Crippen molar-refractivity contribution in [2.45, 2.75) is 9.17 Å². The van der Waals surface area contributed by atoms with Crippen LogP contribution in [0.3, 0.4) is 0 Å². The predicted molar refractivity (Wildman–Crippen MR) is 38.0 cm³/mol. The lowest BCUT2D eigenvalue weighted by molar-refractivity contribution is -0.118. The molecule has 0 bridgehead atoms. The highest BCUT2D eigenvalue weighted by Gasteiger charge is 2.35. The van der Waals surface area contributed by atoms with Gasteiger partial charge in [0.2, 0.25) is 3.79 Å². The number of carbonyl (C=O) groups is 1. The summed E-state index contributed by atoms with van der Waals surface area (Å²) >= 11 is 20.6. The highest BCUT2D eigenvalue weighted by atomic mass is 35.6. The Bertz CT molecular complexity index is 119. The molecule has 1 atom stereocenters. The fraction of sp³-hybridized carbons (Fsp3) is 0.667. The van der Waals surface area contributed by atoms with E-state index in [9.17, 15) is 4.79 Å². The van der Waals surface area contributed by atoms with Crippen LogP contribution >= 0.6 is 46.4 Å². The second-order valence-electron chi connectivity index (χ2n) is 1.27. The summed E-state index contributed by atoms with van der Waals surface area (Å²) in [6, 6.07) is 0. The highest BCUT2D eigenvalue weighted by Crippen LogP contribution is 2.33. The van der Waals surface area contributed by atoms with Crippen LogP contribution in [0.15, 0.2) is 0 Å². The fourth-order valence-corrected chi connectivity index (χ4v) is 0.446. The Morgan fingerprint density at radius 2 is 1.78 bits per heavy atom. The molecule has 0 aliphatic carbocycles. The predicted octanol–water partition coefficient (Wildman–Crippen LogP) is 1.77. The van der Waals surface area contributed by atoms with Gasteiger partial charge in [-0.25, -0.2) is 0 Å². The Morgan fingerprint density at radius 3 is 1.78 bits per heavy atom. The van der Waals surface area contributed by atoms with Gasteiger partial charge in [0.05, 0.1) is 0 Å². The molecule has 1 N–H and O–H groups in total. The van der Waals surface area contributed by atoms with Crippen molar-refractivity contribution in [1.29, 1.82) is 0 Å². The first-order valence-electron chi connectivity index (χ1n) is 1.82. The average molecular weight is 210 g/mol. The van der Waals surface area contributed by atoms with E-state index in [4.69, 9.17) is 52.1 Å². The van der Waals surface area contributed by atoms with Gasteiger partial charge >= 0.3 is 0 Å². The molecule has 0 heterocycles. The Balaban J connectivity index is 4.04. The van der Waals surface area contributed by atoms with Crippen LogP contribution in [-0.4, -0.2) is 15.1 Å². The van der Waals surface area contributed by atoms with Gasteiger partial charge in [-0.15, -0.1) is 11.6 Å². The van der Waals surface area contributed by atoms with Crippen LogP contribution in [0.2, 0.25) is 0 Å². The zero-order valence-corrected chi connectivity index (χ0v) is 7.02. The Labute approximate surface area is 72.2 Å². The van der Waals surface area contributed by atoms with E-state index >= 15 is 0 Å². The maximum atomic E-state index is 10.1. The molecule has 0 spiro atoms. The molecule has 2 nitrogen and oxygen atoms in total. The molecule has 0 aromatic heterocycles. The van der Waals surface area contributed by atoms with Gasteiger partial charge in [-0.3, -0.25) is 10.5 Å². The monoisotopic (exact) mass is 208 g/mol. The first kappa shape index (κ1) is 9.63. The highest BCUT2D eigenvalue weighted by molar-refractivity contribution is 6.71. The van der Waals surface area contributed by atoms with Crippen molar-refractivity contribution >= 4 is 52.3 Å². The molecular weight excluding hydrogens is 208 g/mol. The van der Waals surface area contributed by atoms with E-state index in [0.717, 1.165) is 0 Å². The van der Waals surface area contributed by atoms with Crippen molar-refractivity contribution in [2.75, 3.05) is 0 Å². The molecule has 0 saturated heterocycles. The molecule has 0 rings (SSSR count). The Hall–Kier alpha value is 0.630. The van der Waals surface area contributed by atoms with Crippen LogP contribution in [-0.2, 0) is 4.79 Å². The lowest BCUT2D eigenvalue weighted by atomic mass is 10.4. The van der Waals surface area contributed by atoms with Gasteiger partial charge in [0.25, 0.3) is 5.91 Å². The van der Waals surface area contributed by atoms with Crippen molar-refractivity contribution in [1.82, 2.24) is 5.73 Å². The van der Waals surface area contributed by atoms with E-state index < -0.39 is 15.1 Å². The van der Waals surface area contributed by atoms with Gasteiger partial charge in [0, 0.05) is 0 Å². The van der Waals surface area contributed by atoms with E-state index in [1.807, 2.05) is 0 Å². The van der Waals surface area contributed by atoms with E-state index in [-0.39, 0.29) is 0 Å². The molecule has 6 heteroatoms. The van der Waals surface area contributed by atoms with Crippen LogP contribution in [0.4, 0.5) is 0 Å². The van der Waals surface area contributed by atoms with Gasteiger partial charge in [0.1, 0.15) is 0 Å². The van der Waals surface area contributed by atoms with Gasteiger partial charge in [-0.1, -0.05) is 34.8 Å². The zero-order chi connectivity index (χ0) is 7.65. The molecule has 0 aromatic rings. The van der Waals surface area contributed by atoms with E-state index in [2.05, 4.69) is 0 Å². The molecular formula is C3H2Cl4NO. The molecule has 53 valence electrons. The Kier molecular flexibility index (Phi) is 3.37. The van der Waals surface area contributed by atoms with E-state index in [1.54, 1.807) is 0 Å². The van der Waals surface area contributed by atoms with Gasteiger partial charge < -0.3 is 0 Å². The third kappa shape index (κ3) is 3.36. The first-order valence-corrected chi connectivity index (χ1v) is 3.39. The number of amides is 1. The minimum Gasteiger partial charge on any atom is -0.271 e. The summed E-state index contributed by atoms with van der Waals surface area (Å²) in [6.07, 6.45) is 0. The summed E-state index contributed by atoms with van der Waals surface area (Å²) in [6.45, 7) is 0. The van der Waals surface area contributed by atoms with Crippen molar-refractivity contribution in [3.63, 3.8) is 0 Å². The van der Waals surface area contributed by atoms with Crippen LogP contribution in [0, 0.1) is 0 Å². The summed E-state index contributed by atoms with van der Waals surface area (Å²) in [7, 11) is 0. The van der Waals surface area contributed by atoms with Crippen LogP contribution < -0.4 is 5.73 Å². The van der Waals surface area contributed by atoms with Crippen LogP contribution in [0.25, 0.3) is 0 Å². The molecule has 9 heavy (non-hydrogen) atoms. The van der Waals surface area contributed by atoms with E-state index in [1.165, 1.54) is 0 Å². The summed E-state index contributed by atoms with van der Waals surface area (Å²) in [5, 5.41) is -1.39. The average Bonchev–Trinajstić information content (AvgIpc) is 1.62. The minimum atomic E-state index is -1.87. The van der Waals surface area contributed by atoms with Crippen molar-refractivity contribution in [2.24, 2.45) is 0 Å². The molecule has 0 aliphatic rings. The topological polar surface area (TPSA) is 40.9 Å². The second-order valence-corrected chi connectivity index (χ2v) is 4.07. The number of alkyl halides is 4. The van der Waals surface area contributed by atoms with Crippen molar-refractivity contribution < 1.29 is 4.79 Å². The standard InChI is InChI=1S/C3H2Cl4NO/c4-1(2(8)9)3(5,6)7/h1,8H. The number of halogens is 4. The van der Waals surface area contributed by atoms with Crippen LogP contribution in [0.1, 0.15) is 0 Å². The summed E-state index contributed by atoms with van der Waals surface area (Å²) in [5.74, 6) is -1.10. The van der Waals surface area contributed by atoms with Crippen LogP contribution in [0.5, 0.6) is 0 Å². The number of hydrogen-bond acceptors (Lipinski definition) is 1. The summed E-state index contributed by atoms with van der Waals surface area (Å²) in [4.78, 5) is 10.1. The second kappa shape index (κ2) is 3.15. The summed E-state index contributed by atoms with van der Waals surface area (Å²) in [5.41, 5.74) is 6.42. The SMILES string of the molecule is [NH]C(=O)C(Cl)C(Cl)(Cl)Cl. The number of carbonyl (C=O) groups excluding carboxylic acids is 1. The molecule has 1 radical (unpaired) electrons. The minimum absolute atomic E-state index is 1.10. The number of nitrogens with one attached hydrogen (secondary N) is 1. The lowest BCUT2D eigenvalue weighted by Gasteiger charge is -2.12. The van der Waals surface area contributed by atoms with Gasteiger partial charge in [0.15, 0.2) is 5.38 Å². The quantitative estimate of drug-likeness (QED) is 0.607. The maximum absolute atomic E-state index is 10.1. The number of hydrogen-bond donors (Lipinski definition) is 0. The molecule has 0 saturated carbocycles. The fourth-order valence-electron chi connectivity index (χ4n) is 0.149. The number of rotatable bonds is 1. The van der Waals surface area contributed by atoms with Gasteiger partial charge in [-0.2, -0.15) is 0 Å². The first-order chi connectivity index (χ1) is 3.85. The summed E-state index contributed by atoms with van der Waals surface area (Å²) < 4.78 is -1.87. The Morgan fingerprint density at radius 1 is 1.44 bits per heavy atom.